The minimum absolute atomic E-state index is 0.0204. The Labute approximate surface area is 125 Å². The molecule has 22 heavy (non-hydrogen) atoms. The van der Waals surface area contributed by atoms with Crippen molar-refractivity contribution < 1.29 is 9.90 Å². The lowest BCUT2D eigenvalue weighted by molar-refractivity contribution is 0.104. The number of aromatic hydroxyl groups is 1. The molecule has 0 spiro atoms. The lowest BCUT2D eigenvalue weighted by atomic mass is 10.1. The Morgan fingerprint density at radius 1 is 1.09 bits per heavy atom. The molecule has 0 unspecified atom stereocenters. The second-order valence-corrected chi connectivity index (χ2v) is 4.65. The van der Waals surface area contributed by atoms with Gasteiger partial charge in [0.2, 0.25) is 5.88 Å². The number of benzene rings is 1. The van der Waals surface area contributed by atoms with Gasteiger partial charge in [-0.1, -0.05) is 36.4 Å². The van der Waals surface area contributed by atoms with Crippen LogP contribution in [0.2, 0.25) is 0 Å². The van der Waals surface area contributed by atoms with Gasteiger partial charge in [0.05, 0.1) is 0 Å². The van der Waals surface area contributed by atoms with Gasteiger partial charge in [0.15, 0.2) is 5.78 Å². The van der Waals surface area contributed by atoms with Crippen LogP contribution in [0.4, 0.5) is 0 Å². The van der Waals surface area contributed by atoms with Crippen molar-refractivity contribution in [1.29, 1.82) is 0 Å². The SMILES string of the molecule is O=C(C=Cc1c(O)nc2ccccn2c1=O)c1ccccc1. The Hall–Kier alpha value is -3.21. The predicted octanol–water partition coefficient (Wildman–Crippen LogP) is 2.30. The number of hydrogen-bond donors (Lipinski definition) is 1. The van der Waals surface area contributed by atoms with Crippen LogP contribution < -0.4 is 5.56 Å². The summed E-state index contributed by atoms with van der Waals surface area (Å²) in [6.45, 7) is 0. The van der Waals surface area contributed by atoms with E-state index in [1.807, 2.05) is 6.07 Å². The maximum Gasteiger partial charge on any atom is 0.269 e. The molecular weight excluding hydrogens is 280 g/mol. The minimum Gasteiger partial charge on any atom is -0.493 e. The van der Waals surface area contributed by atoms with Crippen LogP contribution in [0.15, 0.2) is 65.6 Å². The third kappa shape index (κ3) is 2.52. The molecule has 0 atom stereocenters. The third-order valence-corrected chi connectivity index (χ3v) is 3.21. The average molecular weight is 292 g/mol. The van der Waals surface area contributed by atoms with E-state index < -0.39 is 11.4 Å². The Balaban J connectivity index is 2.02. The summed E-state index contributed by atoms with van der Waals surface area (Å²) < 4.78 is 1.31. The number of carbonyl (C=O) groups is 1. The number of carbonyl (C=O) groups excluding carboxylic acids is 1. The number of pyridine rings is 1. The quantitative estimate of drug-likeness (QED) is 0.594. The molecule has 0 bridgehead atoms. The molecule has 5 heteroatoms. The number of rotatable bonds is 3. The second-order valence-electron chi connectivity index (χ2n) is 4.65. The van der Waals surface area contributed by atoms with Gasteiger partial charge in [0.1, 0.15) is 11.2 Å². The first-order chi connectivity index (χ1) is 10.7. The van der Waals surface area contributed by atoms with Gasteiger partial charge in [-0.2, -0.15) is 4.98 Å². The highest BCUT2D eigenvalue weighted by Crippen LogP contribution is 2.13. The highest BCUT2D eigenvalue weighted by atomic mass is 16.3. The molecule has 0 aliphatic heterocycles. The van der Waals surface area contributed by atoms with Crippen molar-refractivity contribution in [2.45, 2.75) is 0 Å². The Morgan fingerprint density at radius 2 is 1.82 bits per heavy atom. The Morgan fingerprint density at radius 3 is 2.59 bits per heavy atom. The highest BCUT2D eigenvalue weighted by Gasteiger charge is 2.09. The van der Waals surface area contributed by atoms with Gasteiger partial charge < -0.3 is 5.11 Å². The molecule has 0 amide bonds. The maximum absolute atomic E-state index is 12.3. The van der Waals surface area contributed by atoms with Crippen LogP contribution in [0.25, 0.3) is 11.7 Å². The summed E-state index contributed by atoms with van der Waals surface area (Å²) in [5.74, 6) is -0.647. The normalized spacial score (nSPS) is 11.1. The monoisotopic (exact) mass is 292 g/mol. The number of ketones is 1. The molecular formula is C17H12N2O3. The zero-order valence-electron chi connectivity index (χ0n) is 11.5. The molecule has 0 saturated heterocycles. The topological polar surface area (TPSA) is 71.7 Å². The zero-order chi connectivity index (χ0) is 15.5. The number of fused-ring (bicyclic) bond motifs is 1. The summed E-state index contributed by atoms with van der Waals surface area (Å²) in [6.07, 6.45) is 4.10. The first-order valence-corrected chi connectivity index (χ1v) is 6.64. The molecule has 2 aromatic heterocycles. The van der Waals surface area contributed by atoms with E-state index >= 15 is 0 Å². The van der Waals surface area contributed by atoms with Crippen LogP contribution in [0.1, 0.15) is 15.9 Å². The lowest BCUT2D eigenvalue weighted by Gasteiger charge is -2.03. The fourth-order valence-corrected chi connectivity index (χ4v) is 2.09. The fourth-order valence-electron chi connectivity index (χ4n) is 2.09. The largest absolute Gasteiger partial charge is 0.493 e. The molecule has 1 aromatic carbocycles. The zero-order valence-corrected chi connectivity index (χ0v) is 11.5. The third-order valence-electron chi connectivity index (χ3n) is 3.21. The molecule has 3 aromatic rings. The van der Waals surface area contributed by atoms with E-state index in [1.165, 1.54) is 16.6 Å². The van der Waals surface area contributed by atoms with Crippen molar-refractivity contribution >= 4 is 17.5 Å². The van der Waals surface area contributed by atoms with Gasteiger partial charge >= 0.3 is 0 Å². The van der Waals surface area contributed by atoms with Crippen LogP contribution in [-0.4, -0.2) is 20.3 Å². The average Bonchev–Trinajstić information content (AvgIpc) is 2.55. The highest BCUT2D eigenvalue weighted by molar-refractivity contribution is 6.06. The molecule has 2 heterocycles. The summed E-state index contributed by atoms with van der Waals surface area (Å²) in [5, 5.41) is 9.89. The van der Waals surface area contributed by atoms with Crippen molar-refractivity contribution in [3.63, 3.8) is 0 Å². The smallest absolute Gasteiger partial charge is 0.269 e. The summed E-state index contributed by atoms with van der Waals surface area (Å²) in [7, 11) is 0. The van der Waals surface area contributed by atoms with Gasteiger partial charge in [0.25, 0.3) is 5.56 Å². The van der Waals surface area contributed by atoms with Crippen LogP contribution in [0.5, 0.6) is 5.88 Å². The van der Waals surface area contributed by atoms with Gasteiger partial charge in [-0.25, -0.2) is 0 Å². The summed E-state index contributed by atoms with van der Waals surface area (Å²) in [6, 6.07) is 13.7. The van der Waals surface area contributed by atoms with Gasteiger partial charge in [-0.3, -0.25) is 14.0 Å². The molecule has 0 aliphatic rings. The van der Waals surface area contributed by atoms with E-state index in [1.54, 1.807) is 48.7 Å². The summed E-state index contributed by atoms with van der Waals surface area (Å²) >= 11 is 0. The van der Waals surface area contributed by atoms with Gasteiger partial charge in [0, 0.05) is 11.8 Å². The predicted molar refractivity (Wildman–Crippen MR) is 82.9 cm³/mol. The van der Waals surface area contributed by atoms with E-state index in [2.05, 4.69) is 4.98 Å². The molecule has 0 aliphatic carbocycles. The van der Waals surface area contributed by atoms with Crippen molar-refractivity contribution in [1.82, 2.24) is 9.38 Å². The van der Waals surface area contributed by atoms with Crippen LogP contribution >= 0.6 is 0 Å². The molecule has 0 saturated carbocycles. The van der Waals surface area contributed by atoms with Crippen LogP contribution in [0, 0.1) is 0 Å². The van der Waals surface area contributed by atoms with Crippen molar-refractivity contribution in [3.05, 3.63) is 82.3 Å². The van der Waals surface area contributed by atoms with Crippen LogP contribution in [0.3, 0.4) is 0 Å². The first kappa shape index (κ1) is 13.8. The van der Waals surface area contributed by atoms with E-state index in [4.69, 9.17) is 0 Å². The van der Waals surface area contributed by atoms with E-state index in [9.17, 15) is 14.7 Å². The minimum atomic E-state index is -0.430. The first-order valence-electron chi connectivity index (χ1n) is 6.64. The van der Waals surface area contributed by atoms with Gasteiger partial charge in [-0.05, 0) is 24.3 Å². The van der Waals surface area contributed by atoms with E-state index in [-0.39, 0.29) is 11.3 Å². The van der Waals surface area contributed by atoms with Gasteiger partial charge in [-0.15, -0.1) is 0 Å². The molecule has 3 rings (SSSR count). The molecule has 5 nitrogen and oxygen atoms in total. The molecule has 108 valence electrons. The second kappa shape index (κ2) is 5.65. The van der Waals surface area contributed by atoms with Crippen molar-refractivity contribution in [2.24, 2.45) is 0 Å². The molecule has 0 fully saturated rings. The molecule has 0 radical (unpaired) electrons. The summed E-state index contributed by atoms with van der Waals surface area (Å²) in [4.78, 5) is 28.2. The number of aromatic nitrogens is 2. The van der Waals surface area contributed by atoms with E-state index in [0.717, 1.165) is 0 Å². The fraction of sp³-hybridized carbons (Fsp3) is 0. The Kier molecular flexibility index (Phi) is 3.53. The van der Waals surface area contributed by atoms with Crippen molar-refractivity contribution in [2.75, 3.05) is 0 Å². The lowest BCUT2D eigenvalue weighted by Crippen LogP contribution is -2.17. The molecule has 1 N–H and O–H groups in total. The van der Waals surface area contributed by atoms with Crippen molar-refractivity contribution in [3.8, 4) is 5.88 Å². The number of allylic oxidation sites excluding steroid dienone is 1. The maximum atomic E-state index is 12.3. The van der Waals surface area contributed by atoms with Crippen LogP contribution in [-0.2, 0) is 0 Å². The standard InChI is InChI=1S/C17H12N2O3/c20-14(12-6-2-1-3-7-12)10-9-13-16(21)18-15-8-4-5-11-19(15)17(13)22/h1-11,21H. The number of hydrogen-bond acceptors (Lipinski definition) is 4. The van der Waals surface area contributed by atoms with E-state index in [0.29, 0.717) is 11.2 Å². The summed E-state index contributed by atoms with van der Waals surface area (Å²) in [5.41, 5.74) is 0.400. The Bertz CT molecular complexity index is 928. The number of nitrogens with zero attached hydrogens (tertiary/aromatic N) is 2.